The molecule has 0 saturated carbocycles. The number of benzene rings is 1. The van der Waals surface area contributed by atoms with E-state index < -0.39 is 21.9 Å². The Morgan fingerprint density at radius 3 is 2.71 bits per heavy atom. The Labute approximate surface area is 128 Å². The van der Waals surface area contributed by atoms with Crippen molar-refractivity contribution in [3.05, 3.63) is 23.2 Å². The largest absolute Gasteiger partial charge is 0.469 e. The number of hydrogen-bond acceptors (Lipinski definition) is 5. The van der Waals surface area contributed by atoms with Crippen molar-refractivity contribution in [3.8, 4) is 0 Å². The van der Waals surface area contributed by atoms with Crippen LogP contribution in [-0.2, 0) is 19.6 Å². The highest BCUT2D eigenvalue weighted by molar-refractivity contribution is 7.89. The topological polar surface area (TPSA) is 89.7 Å². The third-order valence-corrected chi connectivity index (χ3v) is 5.80. The lowest BCUT2D eigenvalue weighted by Crippen LogP contribution is -2.30. The first kappa shape index (κ1) is 16.1. The second kappa shape index (κ2) is 5.82. The lowest BCUT2D eigenvalue weighted by atomic mass is 9.99. The normalized spacial score (nSPS) is 23.2. The Hall–Kier alpha value is -1.31. The lowest BCUT2D eigenvalue weighted by Gasteiger charge is -2.17. The smallest absolute Gasteiger partial charge is 0.310 e. The van der Waals surface area contributed by atoms with Gasteiger partial charge in [-0.05, 0) is 24.1 Å². The average molecular weight is 333 g/mol. The minimum absolute atomic E-state index is 0.0345. The molecule has 0 bridgehead atoms. The summed E-state index contributed by atoms with van der Waals surface area (Å²) in [7, 11) is -2.49. The van der Waals surface area contributed by atoms with Gasteiger partial charge in [0, 0.05) is 18.1 Å². The van der Waals surface area contributed by atoms with Gasteiger partial charge >= 0.3 is 5.97 Å². The first-order valence-corrected chi connectivity index (χ1v) is 8.22. The van der Waals surface area contributed by atoms with E-state index in [9.17, 15) is 13.2 Å². The summed E-state index contributed by atoms with van der Waals surface area (Å²) < 4.78 is 31.2. The summed E-state index contributed by atoms with van der Waals surface area (Å²) in [6, 6.07) is 4.30. The van der Waals surface area contributed by atoms with Gasteiger partial charge in [0.05, 0.1) is 18.7 Å². The number of rotatable bonds is 3. The zero-order valence-corrected chi connectivity index (χ0v) is 13.3. The maximum absolute atomic E-state index is 12.6. The SMILES string of the molecule is COC(=O)C1CN(S(=O)(=O)c2cc(Cl)ccc2N)CC1C. The molecule has 2 rings (SSSR count). The molecule has 1 aromatic rings. The molecular formula is C13H17ClN2O4S. The van der Waals surface area contributed by atoms with Gasteiger partial charge in [0.15, 0.2) is 0 Å². The minimum Gasteiger partial charge on any atom is -0.469 e. The first-order valence-electron chi connectivity index (χ1n) is 6.40. The van der Waals surface area contributed by atoms with Gasteiger partial charge in [-0.1, -0.05) is 18.5 Å². The van der Waals surface area contributed by atoms with E-state index in [4.69, 9.17) is 22.1 Å². The average Bonchev–Trinajstić information content (AvgIpc) is 2.83. The van der Waals surface area contributed by atoms with Crippen molar-refractivity contribution >= 4 is 33.3 Å². The highest BCUT2D eigenvalue weighted by Gasteiger charge is 2.41. The number of sulfonamides is 1. The van der Waals surface area contributed by atoms with E-state index in [0.717, 1.165) is 0 Å². The number of hydrogen-bond donors (Lipinski definition) is 1. The molecule has 0 spiro atoms. The number of carbonyl (C=O) groups excluding carboxylic acids is 1. The number of methoxy groups -OCH3 is 1. The molecule has 2 unspecified atom stereocenters. The van der Waals surface area contributed by atoms with Crippen LogP contribution < -0.4 is 5.73 Å². The Balaban J connectivity index is 2.33. The zero-order chi connectivity index (χ0) is 15.8. The molecule has 1 heterocycles. The zero-order valence-electron chi connectivity index (χ0n) is 11.7. The molecular weight excluding hydrogens is 316 g/mol. The Morgan fingerprint density at radius 1 is 1.43 bits per heavy atom. The van der Waals surface area contributed by atoms with Crippen LogP contribution in [0.1, 0.15) is 6.92 Å². The molecule has 8 heteroatoms. The first-order chi connectivity index (χ1) is 9.77. The highest BCUT2D eigenvalue weighted by atomic mass is 35.5. The van der Waals surface area contributed by atoms with Crippen LogP contribution in [0, 0.1) is 11.8 Å². The number of nitrogens with two attached hydrogens (primary N) is 1. The third-order valence-electron chi connectivity index (χ3n) is 3.68. The molecule has 0 aromatic heterocycles. The van der Waals surface area contributed by atoms with E-state index in [1.807, 2.05) is 6.92 Å². The number of nitrogen functional groups attached to an aromatic ring is 1. The van der Waals surface area contributed by atoms with Gasteiger partial charge in [-0.25, -0.2) is 8.42 Å². The van der Waals surface area contributed by atoms with Gasteiger partial charge in [0.25, 0.3) is 0 Å². The van der Waals surface area contributed by atoms with Gasteiger partial charge in [-0.3, -0.25) is 4.79 Å². The number of ether oxygens (including phenoxy) is 1. The fourth-order valence-electron chi connectivity index (χ4n) is 2.45. The molecule has 0 radical (unpaired) electrons. The number of nitrogens with zero attached hydrogens (tertiary/aromatic N) is 1. The van der Waals surface area contributed by atoms with Crippen LogP contribution in [-0.4, -0.2) is 38.9 Å². The standard InChI is InChI=1S/C13H17ClN2O4S/c1-8-6-16(7-10(8)13(17)20-2)21(18,19)12-5-9(14)3-4-11(12)15/h3-5,8,10H,6-7,15H2,1-2H3. The van der Waals surface area contributed by atoms with Gasteiger partial charge in [-0.2, -0.15) is 4.31 Å². The Bertz CT molecular complexity index is 662. The minimum atomic E-state index is -3.78. The maximum Gasteiger partial charge on any atom is 0.310 e. The van der Waals surface area contributed by atoms with Crippen LogP contribution >= 0.6 is 11.6 Å². The summed E-state index contributed by atoms with van der Waals surface area (Å²) >= 11 is 5.85. The molecule has 1 aromatic carbocycles. The van der Waals surface area contributed by atoms with Gasteiger partial charge in [0.1, 0.15) is 4.90 Å². The fourth-order valence-corrected chi connectivity index (χ4v) is 4.39. The molecule has 2 N–H and O–H groups in total. The molecule has 1 aliphatic rings. The van der Waals surface area contributed by atoms with Crippen LogP contribution in [0.2, 0.25) is 5.02 Å². The van der Waals surface area contributed by atoms with Crippen molar-refractivity contribution in [2.75, 3.05) is 25.9 Å². The van der Waals surface area contributed by atoms with Gasteiger partial charge in [0.2, 0.25) is 10.0 Å². The molecule has 6 nitrogen and oxygen atoms in total. The van der Waals surface area contributed by atoms with Crippen LogP contribution in [0.25, 0.3) is 0 Å². The summed E-state index contributed by atoms with van der Waals surface area (Å²) in [6.07, 6.45) is 0. The van der Waals surface area contributed by atoms with Crippen molar-refractivity contribution in [1.82, 2.24) is 4.31 Å². The number of esters is 1. The van der Waals surface area contributed by atoms with E-state index in [1.54, 1.807) is 0 Å². The van der Waals surface area contributed by atoms with Crippen molar-refractivity contribution < 1.29 is 17.9 Å². The quantitative estimate of drug-likeness (QED) is 0.666. The molecule has 1 saturated heterocycles. The monoisotopic (exact) mass is 332 g/mol. The summed E-state index contributed by atoms with van der Waals surface area (Å²) in [5, 5.41) is 0.291. The van der Waals surface area contributed by atoms with Crippen molar-refractivity contribution in [2.24, 2.45) is 11.8 Å². The lowest BCUT2D eigenvalue weighted by molar-refractivity contribution is -0.145. The van der Waals surface area contributed by atoms with Crippen molar-refractivity contribution in [3.63, 3.8) is 0 Å². The molecule has 1 aliphatic heterocycles. The Morgan fingerprint density at radius 2 is 2.10 bits per heavy atom. The molecule has 21 heavy (non-hydrogen) atoms. The van der Waals surface area contributed by atoms with E-state index in [-0.39, 0.29) is 29.6 Å². The van der Waals surface area contributed by atoms with Gasteiger partial charge in [-0.15, -0.1) is 0 Å². The van der Waals surface area contributed by atoms with E-state index in [0.29, 0.717) is 5.02 Å². The summed E-state index contributed by atoms with van der Waals surface area (Å²) in [5.74, 6) is -0.989. The number of anilines is 1. The second-order valence-corrected chi connectivity index (χ2v) is 7.45. The van der Waals surface area contributed by atoms with Crippen molar-refractivity contribution in [1.29, 1.82) is 0 Å². The summed E-state index contributed by atoms with van der Waals surface area (Å²) in [5.41, 5.74) is 5.88. The van der Waals surface area contributed by atoms with Crippen LogP contribution in [0.3, 0.4) is 0 Å². The molecule has 2 atom stereocenters. The highest BCUT2D eigenvalue weighted by Crippen LogP contribution is 2.32. The van der Waals surface area contributed by atoms with E-state index in [2.05, 4.69) is 0 Å². The predicted octanol–water partition coefficient (Wildman–Crippen LogP) is 1.35. The molecule has 116 valence electrons. The van der Waals surface area contributed by atoms with Gasteiger partial charge < -0.3 is 10.5 Å². The molecule has 1 fully saturated rings. The summed E-state index contributed by atoms with van der Waals surface area (Å²) in [4.78, 5) is 11.6. The van der Waals surface area contributed by atoms with Crippen molar-refractivity contribution in [2.45, 2.75) is 11.8 Å². The van der Waals surface area contributed by atoms with Crippen LogP contribution in [0.5, 0.6) is 0 Å². The summed E-state index contributed by atoms with van der Waals surface area (Å²) in [6.45, 7) is 2.15. The number of halogens is 1. The third kappa shape index (κ3) is 3.00. The predicted molar refractivity (Wildman–Crippen MR) is 79.3 cm³/mol. The molecule has 0 aliphatic carbocycles. The fraction of sp³-hybridized carbons (Fsp3) is 0.462. The van der Waals surface area contributed by atoms with E-state index in [1.165, 1.54) is 29.6 Å². The number of carbonyl (C=O) groups is 1. The van der Waals surface area contributed by atoms with Crippen LogP contribution in [0.15, 0.2) is 23.1 Å². The second-order valence-electron chi connectivity index (χ2n) is 5.11. The van der Waals surface area contributed by atoms with Crippen LogP contribution in [0.4, 0.5) is 5.69 Å². The Kier molecular flexibility index (Phi) is 4.46. The molecule has 0 amide bonds. The van der Waals surface area contributed by atoms with E-state index >= 15 is 0 Å². The maximum atomic E-state index is 12.6.